The number of carbonyl (C=O) groups excluding carboxylic acids is 1. The molecule has 1 aromatic heterocycles. The van der Waals surface area contributed by atoms with Crippen molar-refractivity contribution in [3.63, 3.8) is 0 Å². The van der Waals surface area contributed by atoms with Crippen molar-refractivity contribution in [1.82, 2.24) is 9.97 Å². The monoisotopic (exact) mass is 237 g/mol. The summed E-state index contributed by atoms with van der Waals surface area (Å²) in [6.07, 6.45) is 3.27. The first-order valence-electron chi connectivity index (χ1n) is 5.76. The maximum Gasteiger partial charge on any atom is 0.325 e. The lowest BCUT2D eigenvalue weighted by Gasteiger charge is -2.27. The number of hydrogen-bond donors (Lipinski definition) is 0. The minimum Gasteiger partial charge on any atom is -0.465 e. The van der Waals surface area contributed by atoms with Crippen LogP contribution in [0.1, 0.15) is 26.5 Å². The van der Waals surface area contributed by atoms with Crippen molar-refractivity contribution in [2.75, 3.05) is 18.1 Å². The van der Waals surface area contributed by atoms with E-state index in [1.807, 2.05) is 25.7 Å². The molecule has 0 saturated carbocycles. The van der Waals surface area contributed by atoms with Crippen LogP contribution in [0.25, 0.3) is 0 Å². The summed E-state index contributed by atoms with van der Waals surface area (Å²) in [6.45, 7) is 8.28. The van der Waals surface area contributed by atoms with Crippen LogP contribution in [0.2, 0.25) is 0 Å². The average Bonchev–Trinajstić information content (AvgIpc) is 2.27. The van der Waals surface area contributed by atoms with Gasteiger partial charge in [0.1, 0.15) is 6.54 Å². The molecule has 94 valence electrons. The van der Waals surface area contributed by atoms with Gasteiger partial charge in [-0.15, -0.1) is 0 Å². The van der Waals surface area contributed by atoms with Crippen LogP contribution in [0.4, 0.5) is 5.82 Å². The van der Waals surface area contributed by atoms with Crippen LogP contribution in [-0.2, 0) is 9.53 Å². The number of hydrogen-bond acceptors (Lipinski definition) is 5. The zero-order valence-electron chi connectivity index (χ0n) is 10.8. The molecule has 0 radical (unpaired) electrons. The van der Waals surface area contributed by atoms with E-state index >= 15 is 0 Å². The Balaban J connectivity index is 2.87. The van der Waals surface area contributed by atoms with E-state index in [1.54, 1.807) is 19.3 Å². The summed E-state index contributed by atoms with van der Waals surface area (Å²) >= 11 is 0. The van der Waals surface area contributed by atoms with Gasteiger partial charge in [-0.05, 0) is 27.7 Å². The van der Waals surface area contributed by atoms with Gasteiger partial charge in [-0.3, -0.25) is 9.78 Å². The Morgan fingerprint density at radius 3 is 2.59 bits per heavy atom. The van der Waals surface area contributed by atoms with Crippen LogP contribution < -0.4 is 4.90 Å². The Labute approximate surface area is 102 Å². The zero-order chi connectivity index (χ0) is 12.8. The lowest BCUT2D eigenvalue weighted by atomic mass is 10.3. The van der Waals surface area contributed by atoms with E-state index < -0.39 is 0 Å². The smallest absolute Gasteiger partial charge is 0.325 e. The summed E-state index contributed by atoms with van der Waals surface area (Å²) in [5, 5.41) is 0. The lowest BCUT2D eigenvalue weighted by molar-refractivity contribution is -0.141. The number of esters is 1. The molecule has 0 bridgehead atoms. The molecule has 5 heteroatoms. The highest BCUT2D eigenvalue weighted by Gasteiger charge is 2.18. The number of nitrogens with zero attached hydrogens (tertiary/aromatic N) is 3. The summed E-state index contributed by atoms with van der Waals surface area (Å²) in [4.78, 5) is 21.9. The van der Waals surface area contributed by atoms with Gasteiger partial charge in [0.05, 0.1) is 12.3 Å². The van der Waals surface area contributed by atoms with Crippen molar-refractivity contribution in [2.45, 2.75) is 33.7 Å². The van der Waals surface area contributed by atoms with Crippen molar-refractivity contribution in [2.24, 2.45) is 0 Å². The van der Waals surface area contributed by atoms with Crippen LogP contribution in [0, 0.1) is 6.92 Å². The number of anilines is 1. The van der Waals surface area contributed by atoms with Gasteiger partial charge < -0.3 is 9.64 Å². The molecule has 0 atom stereocenters. The van der Waals surface area contributed by atoms with Gasteiger partial charge in [0, 0.05) is 18.4 Å². The molecular formula is C12H19N3O2. The van der Waals surface area contributed by atoms with E-state index in [-0.39, 0.29) is 18.6 Å². The molecule has 5 nitrogen and oxygen atoms in total. The van der Waals surface area contributed by atoms with Crippen LogP contribution in [-0.4, -0.2) is 35.1 Å². The summed E-state index contributed by atoms with van der Waals surface area (Å²) in [6, 6.07) is 0.162. The highest BCUT2D eigenvalue weighted by molar-refractivity contribution is 5.75. The van der Waals surface area contributed by atoms with E-state index in [4.69, 9.17) is 4.74 Å². The van der Waals surface area contributed by atoms with Gasteiger partial charge in [0.15, 0.2) is 5.82 Å². The molecule has 0 amide bonds. The third-order valence-corrected chi connectivity index (χ3v) is 2.36. The van der Waals surface area contributed by atoms with E-state index in [1.165, 1.54) is 0 Å². The van der Waals surface area contributed by atoms with Gasteiger partial charge in [0.2, 0.25) is 0 Å². The molecule has 0 aliphatic carbocycles. The van der Waals surface area contributed by atoms with Crippen molar-refractivity contribution >= 4 is 11.8 Å². The van der Waals surface area contributed by atoms with Gasteiger partial charge in [-0.25, -0.2) is 4.98 Å². The maximum atomic E-state index is 11.5. The Bertz CT molecular complexity index is 380. The lowest BCUT2D eigenvalue weighted by Crippen LogP contribution is -2.37. The molecule has 0 aromatic carbocycles. The zero-order valence-corrected chi connectivity index (χ0v) is 10.8. The van der Waals surface area contributed by atoms with E-state index in [2.05, 4.69) is 9.97 Å². The van der Waals surface area contributed by atoms with Crippen molar-refractivity contribution in [3.05, 3.63) is 18.1 Å². The van der Waals surface area contributed by atoms with E-state index in [9.17, 15) is 4.79 Å². The van der Waals surface area contributed by atoms with Gasteiger partial charge in [0.25, 0.3) is 0 Å². The molecule has 1 rings (SSSR count). The number of rotatable bonds is 5. The molecule has 1 aromatic rings. The first-order chi connectivity index (χ1) is 8.06. The highest BCUT2D eigenvalue weighted by atomic mass is 16.5. The van der Waals surface area contributed by atoms with Crippen molar-refractivity contribution in [3.8, 4) is 0 Å². The maximum absolute atomic E-state index is 11.5. The third-order valence-electron chi connectivity index (χ3n) is 2.36. The third kappa shape index (κ3) is 3.69. The van der Waals surface area contributed by atoms with Crippen LogP contribution in [0.3, 0.4) is 0 Å². The molecule has 0 N–H and O–H groups in total. The Hall–Kier alpha value is -1.65. The van der Waals surface area contributed by atoms with E-state index in [0.717, 1.165) is 11.5 Å². The summed E-state index contributed by atoms with van der Waals surface area (Å²) in [5.74, 6) is 0.488. The van der Waals surface area contributed by atoms with Gasteiger partial charge in [-0.2, -0.15) is 0 Å². The van der Waals surface area contributed by atoms with Crippen molar-refractivity contribution < 1.29 is 9.53 Å². The molecule has 0 unspecified atom stereocenters. The second kappa shape index (κ2) is 6.18. The van der Waals surface area contributed by atoms with Gasteiger partial charge in [-0.1, -0.05) is 0 Å². The number of carbonyl (C=O) groups is 1. The second-order valence-electron chi connectivity index (χ2n) is 3.99. The number of aryl methyl sites for hydroxylation is 1. The minimum absolute atomic E-state index is 0.162. The molecule has 0 aliphatic heterocycles. The fourth-order valence-electron chi connectivity index (χ4n) is 1.53. The molecule has 17 heavy (non-hydrogen) atoms. The molecule has 0 aliphatic rings. The highest BCUT2D eigenvalue weighted by Crippen LogP contribution is 2.16. The standard InChI is InChI=1S/C12H19N3O2/c1-5-17-11(16)8-15(9(2)3)12-10(4)13-6-7-14-12/h6-7,9H,5,8H2,1-4H3. The summed E-state index contributed by atoms with van der Waals surface area (Å²) in [7, 11) is 0. The molecular weight excluding hydrogens is 218 g/mol. The first kappa shape index (κ1) is 13.4. The average molecular weight is 237 g/mol. The molecule has 0 saturated heterocycles. The number of ether oxygens (including phenoxy) is 1. The van der Waals surface area contributed by atoms with Gasteiger partial charge >= 0.3 is 5.97 Å². The SMILES string of the molecule is CCOC(=O)CN(c1nccnc1C)C(C)C. The van der Waals surface area contributed by atoms with Crippen LogP contribution in [0.15, 0.2) is 12.4 Å². The summed E-state index contributed by atoms with van der Waals surface area (Å²) < 4.78 is 4.96. The largest absolute Gasteiger partial charge is 0.465 e. The van der Waals surface area contributed by atoms with Crippen LogP contribution >= 0.6 is 0 Å². The topological polar surface area (TPSA) is 55.3 Å². The molecule has 0 fully saturated rings. The van der Waals surface area contributed by atoms with Crippen molar-refractivity contribution in [1.29, 1.82) is 0 Å². The second-order valence-corrected chi connectivity index (χ2v) is 3.99. The Morgan fingerprint density at radius 2 is 2.06 bits per heavy atom. The minimum atomic E-state index is -0.244. The predicted molar refractivity (Wildman–Crippen MR) is 65.9 cm³/mol. The molecule has 1 heterocycles. The Kier molecular flexibility index (Phi) is 4.87. The first-order valence-corrected chi connectivity index (χ1v) is 5.76. The normalized spacial score (nSPS) is 10.4. The summed E-state index contributed by atoms with van der Waals surface area (Å²) in [5.41, 5.74) is 0.811. The number of aromatic nitrogens is 2. The predicted octanol–water partition coefficient (Wildman–Crippen LogP) is 1.56. The fraction of sp³-hybridized carbons (Fsp3) is 0.583. The molecule has 0 spiro atoms. The quantitative estimate of drug-likeness (QED) is 0.727. The Morgan fingerprint density at radius 1 is 1.41 bits per heavy atom. The fourth-order valence-corrected chi connectivity index (χ4v) is 1.53. The van der Waals surface area contributed by atoms with Crippen LogP contribution in [0.5, 0.6) is 0 Å². The van der Waals surface area contributed by atoms with E-state index in [0.29, 0.717) is 6.61 Å².